The summed E-state index contributed by atoms with van der Waals surface area (Å²) in [5.74, 6) is 1.28. The summed E-state index contributed by atoms with van der Waals surface area (Å²) in [6.07, 6.45) is 5.15. The summed E-state index contributed by atoms with van der Waals surface area (Å²) >= 11 is 2.02. The van der Waals surface area contributed by atoms with Crippen LogP contribution in [0.15, 0.2) is 23.1 Å². The molecule has 16 heavy (non-hydrogen) atoms. The van der Waals surface area contributed by atoms with E-state index >= 15 is 0 Å². The zero-order valence-electron chi connectivity index (χ0n) is 9.83. The lowest BCUT2D eigenvalue weighted by Gasteiger charge is -2.27. The van der Waals surface area contributed by atoms with E-state index in [4.69, 9.17) is 5.73 Å². The predicted octanol–water partition coefficient (Wildman–Crippen LogP) is 3.10. The minimum Gasteiger partial charge on any atom is -0.327 e. The fourth-order valence-corrected chi connectivity index (χ4v) is 4.03. The maximum atomic E-state index is 6.19. The maximum absolute atomic E-state index is 6.19. The number of fused-ring (bicyclic) bond motifs is 1. The summed E-state index contributed by atoms with van der Waals surface area (Å²) in [4.78, 5) is 1.51. The van der Waals surface area contributed by atoms with Crippen molar-refractivity contribution in [3.8, 4) is 0 Å². The third kappa shape index (κ3) is 1.51. The first kappa shape index (κ1) is 10.7. The number of thioether (sulfide) groups is 1. The lowest BCUT2D eigenvalue weighted by Crippen LogP contribution is -2.32. The number of rotatable bonds is 2. The van der Waals surface area contributed by atoms with Crippen molar-refractivity contribution < 1.29 is 0 Å². The molecule has 0 amide bonds. The van der Waals surface area contributed by atoms with Gasteiger partial charge in [0.15, 0.2) is 0 Å². The van der Waals surface area contributed by atoms with Gasteiger partial charge in [-0.05, 0) is 55.6 Å². The number of benzene rings is 1. The van der Waals surface area contributed by atoms with E-state index in [-0.39, 0.29) is 0 Å². The number of hydrogen-bond donors (Lipinski definition) is 1. The van der Waals surface area contributed by atoms with Gasteiger partial charge < -0.3 is 5.73 Å². The van der Waals surface area contributed by atoms with Crippen LogP contribution in [0.25, 0.3) is 0 Å². The molecule has 1 unspecified atom stereocenters. The molecule has 2 heteroatoms. The standard InChI is InChI=1S/C14H19NS/c1-10(15)14(7-8-14)12-5-2-6-13-11(12)4-3-9-16-13/h2,5-6,10H,3-4,7-9,15H2,1H3. The molecule has 1 nitrogen and oxygen atoms in total. The van der Waals surface area contributed by atoms with Crippen molar-refractivity contribution in [3.05, 3.63) is 29.3 Å². The summed E-state index contributed by atoms with van der Waals surface area (Å²) < 4.78 is 0. The van der Waals surface area contributed by atoms with Gasteiger partial charge in [-0.3, -0.25) is 0 Å². The van der Waals surface area contributed by atoms with Crippen molar-refractivity contribution in [1.82, 2.24) is 0 Å². The SMILES string of the molecule is CC(N)C1(c2cccc3c2CCCS3)CC1. The molecule has 0 bridgehead atoms. The average molecular weight is 233 g/mol. The smallest absolute Gasteiger partial charge is 0.0108 e. The van der Waals surface area contributed by atoms with Crippen LogP contribution >= 0.6 is 11.8 Å². The Kier molecular flexibility index (Phi) is 2.52. The van der Waals surface area contributed by atoms with Gasteiger partial charge in [-0.2, -0.15) is 0 Å². The van der Waals surface area contributed by atoms with Gasteiger partial charge in [-0.25, -0.2) is 0 Å². The molecule has 3 rings (SSSR count). The van der Waals surface area contributed by atoms with Crippen molar-refractivity contribution in [1.29, 1.82) is 0 Å². The minimum atomic E-state index is 0.297. The van der Waals surface area contributed by atoms with Crippen LogP contribution in [0.1, 0.15) is 37.3 Å². The lowest BCUT2D eigenvalue weighted by molar-refractivity contribution is 0.548. The van der Waals surface area contributed by atoms with E-state index in [1.54, 1.807) is 11.1 Å². The molecule has 1 atom stereocenters. The van der Waals surface area contributed by atoms with Crippen LogP contribution < -0.4 is 5.73 Å². The zero-order chi connectivity index (χ0) is 11.2. The first-order valence-electron chi connectivity index (χ1n) is 6.25. The van der Waals surface area contributed by atoms with Crippen LogP contribution in [-0.4, -0.2) is 11.8 Å². The second kappa shape index (κ2) is 3.78. The highest BCUT2D eigenvalue weighted by Gasteiger charge is 2.48. The quantitative estimate of drug-likeness (QED) is 0.849. The molecule has 0 spiro atoms. The van der Waals surface area contributed by atoms with E-state index < -0.39 is 0 Å². The Labute approximate surface area is 102 Å². The molecule has 2 aliphatic rings. The predicted molar refractivity (Wildman–Crippen MR) is 70.0 cm³/mol. The van der Waals surface area contributed by atoms with Crippen LogP contribution in [0.2, 0.25) is 0 Å². The third-order valence-electron chi connectivity index (χ3n) is 4.16. The van der Waals surface area contributed by atoms with E-state index in [2.05, 4.69) is 25.1 Å². The Morgan fingerprint density at radius 1 is 1.38 bits per heavy atom. The number of hydrogen-bond acceptors (Lipinski definition) is 2. The Morgan fingerprint density at radius 3 is 2.88 bits per heavy atom. The molecular weight excluding hydrogens is 214 g/mol. The maximum Gasteiger partial charge on any atom is 0.0108 e. The highest BCUT2D eigenvalue weighted by Crippen LogP contribution is 2.53. The van der Waals surface area contributed by atoms with Crippen LogP contribution in [0, 0.1) is 0 Å². The van der Waals surface area contributed by atoms with E-state index in [0.717, 1.165) is 0 Å². The topological polar surface area (TPSA) is 26.0 Å². The van der Waals surface area contributed by atoms with E-state index in [1.165, 1.54) is 36.3 Å². The van der Waals surface area contributed by atoms with Gasteiger partial charge in [0.25, 0.3) is 0 Å². The fourth-order valence-electron chi connectivity index (χ4n) is 2.96. The summed E-state index contributed by atoms with van der Waals surface area (Å²) in [6.45, 7) is 2.17. The molecule has 0 radical (unpaired) electrons. The van der Waals surface area contributed by atoms with Crippen molar-refractivity contribution in [2.75, 3.05) is 5.75 Å². The first-order chi connectivity index (χ1) is 7.74. The largest absolute Gasteiger partial charge is 0.327 e. The molecule has 1 fully saturated rings. The van der Waals surface area contributed by atoms with Gasteiger partial charge in [0.05, 0.1) is 0 Å². The van der Waals surface area contributed by atoms with Gasteiger partial charge in [-0.15, -0.1) is 11.8 Å². The molecule has 1 saturated carbocycles. The number of nitrogens with two attached hydrogens (primary N) is 1. The van der Waals surface area contributed by atoms with E-state index in [0.29, 0.717) is 11.5 Å². The van der Waals surface area contributed by atoms with E-state index in [9.17, 15) is 0 Å². The van der Waals surface area contributed by atoms with Gasteiger partial charge >= 0.3 is 0 Å². The van der Waals surface area contributed by atoms with Crippen LogP contribution in [0.5, 0.6) is 0 Å². The summed E-state index contributed by atoms with van der Waals surface area (Å²) in [7, 11) is 0. The molecular formula is C14H19NS. The molecule has 1 aromatic rings. The highest BCUT2D eigenvalue weighted by molar-refractivity contribution is 7.99. The molecule has 0 aromatic heterocycles. The molecule has 1 heterocycles. The van der Waals surface area contributed by atoms with Crippen LogP contribution in [-0.2, 0) is 11.8 Å². The lowest BCUT2D eigenvalue weighted by atomic mass is 9.85. The first-order valence-corrected chi connectivity index (χ1v) is 7.23. The Hall–Kier alpha value is -0.470. The van der Waals surface area contributed by atoms with Crippen molar-refractivity contribution in [3.63, 3.8) is 0 Å². The Morgan fingerprint density at radius 2 is 2.19 bits per heavy atom. The summed E-state index contributed by atoms with van der Waals surface area (Å²) in [5, 5.41) is 0. The molecule has 86 valence electrons. The minimum absolute atomic E-state index is 0.297. The van der Waals surface area contributed by atoms with Crippen LogP contribution in [0.3, 0.4) is 0 Å². The second-order valence-electron chi connectivity index (χ2n) is 5.18. The molecule has 1 aliphatic carbocycles. The van der Waals surface area contributed by atoms with Crippen molar-refractivity contribution >= 4 is 11.8 Å². The van der Waals surface area contributed by atoms with Gasteiger partial charge in [0, 0.05) is 16.4 Å². The normalized spacial score (nSPS) is 23.6. The van der Waals surface area contributed by atoms with Gasteiger partial charge in [-0.1, -0.05) is 12.1 Å². The monoisotopic (exact) mass is 233 g/mol. The molecule has 2 N–H and O–H groups in total. The molecule has 1 aliphatic heterocycles. The highest BCUT2D eigenvalue weighted by atomic mass is 32.2. The average Bonchev–Trinajstić information content (AvgIpc) is 3.09. The fraction of sp³-hybridized carbons (Fsp3) is 0.571. The second-order valence-corrected chi connectivity index (χ2v) is 6.32. The van der Waals surface area contributed by atoms with Gasteiger partial charge in [0.2, 0.25) is 0 Å². The third-order valence-corrected chi connectivity index (χ3v) is 5.34. The van der Waals surface area contributed by atoms with Crippen molar-refractivity contribution in [2.24, 2.45) is 5.73 Å². The Bertz CT molecular complexity index is 407. The molecule has 1 aromatic carbocycles. The summed E-state index contributed by atoms with van der Waals surface area (Å²) in [5.41, 5.74) is 9.68. The van der Waals surface area contributed by atoms with Crippen molar-refractivity contribution in [2.45, 2.75) is 49.0 Å². The van der Waals surface area contributed by atoms with Gasteiger partial charge in [0.1, 0.15) is 0 Å². The zero-order valence-corrected chi connectivity index (χ0v) is 10.6. The molecule has 0 saturated heterocycles. The summed E-state index contributed by atoms with van der Waals surface area (Å²) in [6, 6.07) is 7.11. The Balaban J connectivity index is 2.08. The van der Waals surface area contributed by atoms with Crippen LogP contribution in [0.4, 0.5) is 0 Å². The van der Waals surface area contributed by atoms with E-state index in [1.807, 2.05) is 11.8 Å².